The van der Waals surface area contributed by atoms with Gasteiger partial charge in [-0.25, -0.2) is 0 Å². The Balaban J connectivity index is 2.31. The average Bonchev–Trinajstić information content (AvgIpc) is 2.37. The maximum absolute atomic E-state index is 9.45. The predicted molar refractivity (Wildman–Crippen MR) is 74.3 cm³/mol. The van der Waals surface area contributed by atoms with Crippen LogP contribution in [0.1, 0.15) is 26.3 Å². The Morgan fingerprint density at radius 1 is 1.33 bits per heavy atom. The van der Waals surface area contributed by atoms with Crippen molar-refractivity contribution in [3.63, 3.8) is 0 Å². The fraction of sp³-hybridized carbons (Fsp3) is 0.571. The topological polar surface area (TPSA) is 38.7 Å². The van der Waals surface area contributed by atoms with E-state index in [2.05, 4.69) is 29.8 Å². The van der Waals surface area contributed by atoms with Crippen molar-refractivity contribution in [2.45, 2.75) is 33.3 Å². The molecule has 1 aliphatic rings. The van der Waals surface area contributed by atoms with Gasteiger partial charge in [0.1, 0.15) is 0 Å². The van der Waals surface area contributed by atoms with Crippen LogP contribution in [0.2, 0.25) is 0 Å². The molecule has 0 spiro atoms. The summed E-state index contributed by atoms with van der Waals surface area (Å²) in [5.41, 5.74) is 1.04. The number of rotatable bonds is 2. The van der Waals surface area contributed by atoms with Gasteiger partial charge in [-0.3, -0.25) is 0 Å². The summed E-state index contributed by atoms with van der Waals surface area (Å²) in [6.07, 6.45) is 0.247. The Morgan fingerprint density at radius 3 is 2.67 bits per heavy atom. The van der Waals surface area contributed by atoms with Gasteiger partial charge >= 0.3 is 0 Å². The second-order valence-corrected chi connectivity index (χ2v) is 6.55. The lowest BCUT2D eigenvalue weighted by atomic mass is 9.97. The SMILES string of the molecule is CC(O)Cc1cc(Br)c2c(c1)OCC(C)(C)CO2. The van der Waals surface area contributed by atoms with Crippen molar-refractivity contribution >= 4 is 15.9 Å². The second kappa shape index (κ2) is 5.10. The van der Waals surface area contributed by atoms with Crippen molar-refractivity contribution in [1.29, 1.82) is 0 Å². The van der Waals surface area contributed by atoms with E-state index < -0.39 is 0 Å². The molecule has 100 valence electrons. The van der Waals surface area contributed by atoms with E-state index in [1.807, 2.05) is 12.1 Å². The first-order valence-electron chi connectivity index (χ1n) is 6.13. The molecule has 3 nitrogen and oxygen atoms in total. The van der Waals surface area contributed by atoms with Gasteiger partial charge in [0.25, 0.3) is 0 Å². The van der Waals surface area contributed by atoms with E-state index in [9.17, 15) is 5.11 Å². The number of aliphatic hydroxyl groups is 1. The lowest BCUT2D eigenvalue weighted by molar-refractivity contribution is 0.140. The van der Waals surface area contributed by atoms with E-state index >= 15 is 0 Å². The van der Waals surface area contributed by atoms with Gasteiger partial charge in [-0.15, -0.1) is 0 Å². The summed E-state index contributed by atoms with van der Waals surface area (Å²) in [6.45, 7) is 7.27. The zero-order valence-corrected chi connectivity index (χ0v) is 12.6. The van der Waals surface area contributed by atoms with E-state index in [1.165, 1.54) is 0 Å². The number of hydrogen-bond donors (Lipinski definition) is 1. The van der Waals surface area contributed by atoms with Gasteiger partial charge in [-0.1, -0.05) is 13.8 Å². The summed E-state index contributed by atoms with van der Waals surface area (Å²) in [7, 11) is 0. The maximum atomic E-state index is 9.45. The lowest BCUT2D eigenvalue weighted by Crippen LogP contribution is -2.26. The summed E-state index contributed by atoms with van der Waals surface area (Å²) >= 11 is 3.51. The minimum Gasteiger partial charge on any atom is -0.489 e. The first-order valence-corrected chi connectivity index (χ1v) is 6.93. The third kappa shape index (κ3) is 3.18. The van der Waals surface area contributed by atoms with Gasteiger partial charge in [0.15, 0.2) is 11.5 Å². The second-order valence-electron chi connectivity index (χ2n) is 5.70. The van der Waals surface area contributed by atoms with E-state index in [1.54, 1.807) is 6.92 Å². The van der Waals surface area contributed by atoms with E-state index in [-0.39, 0.29) is 11.5 Å². The Kier molecular flexibility index (Phi) is 3.87. The van der Waals surface area contributed by atoms with Gasteiger partial charge in [-0.05, 0) is 47.0 Å². The monoisotopic (exact) mass is 314 g/mol. The maximum Gasteiger partial charge on any atom is 0.175 e. The summed E-state index contributed by atoms with van der Waals surface area (Å²) < 4.78 is 12.5. The quantitative estimate of drug-likeness (QED) is 0.911. The molecule has 1 aromatic rings. The van der Waals surface area contributed by atoms with Gasteiger partial charge in [-0.2, -0.15) is 0 Å². The van der Waals surface area contributed by atoms with Crippen LogP contribution in [0.25, 0.3) is 0 Å². The molecule has 0 fully saturated rings. The zero-order valence-electron chi connectivity index (χ0n) is 11.0. The molecule has 0 saturated carbocycles. The molecule has 1 aliphatic heterocycles. The molecule has 0 amide bonds. The summed E-state index contributed by atoms with van der Waals surface area (Å²) in [5.74, 6) is 1.51. The van der Waals surface area contributed by atoms with Crippen molar-refractivity contribution in [2.24, 2.45) is 5.41 Å². The third-order valence-electron chi connectivity index (χ3n) is 2.83. The fourth-order valence-electron chi connectivity index (χ4n) is 1.91. The summed E-state index contributed by atoms with van der Waals surface area (Å²) in [5, 5.41) is 9.45. The first kappa shape index (κ1) is 13.7. The third-order valence-corrected chi connectivity index (χ3v) is 3.42. The van der Waals surface area contributed by atoms with Gasteiger partial charge < -0.3 is 14.6 Å². The number of aliphatic hydroxyl groups excluding tert-OH is 1. The summed E-state index contributed by atoms with van der Waals surface area (Å²) in [4.78, 5) is 0. The number of halogens is 1. The molecule has 18 heavy (non-hydrogen) atoms. The van der Waals surface area contributed by atoms with Crippen molar-refractivity contribution in [1.82, 2.24) is 0 Å². The van der Waals surface area contributed by atoms with Crippen LogP contribution in [0.3, 0.4) is 0 Å². The molecule has 4 heteroatoms. The molecule has 0 radical (unpaired) electrons. The highest BCUT2D eigenvalue weighted by atomic mass is 79.9. The molecular formula is C14H19BrO3. The molecule has 1 unspecified atom stereocenters. The van der Waals surface area contributed by atoms with Crippen molar-refractivity contribution in [2.75, 3.05) is 13.2 Å². The molecule has 0 saturated heterocycles. The number of fused-ring (bicyclic) bond motifs is 1. The van der Waals surface area contributed by atoms with Crippen LogP contribution in [0.4, 0.5) is 0 Å². The zero-order chi connectivity index (χ0) is 13.3. The van der Waals surface area contributed by atoms with Crippen LogP contribution in [-0.2, 0) is 6.42 Å². The molecule has 0 aliphatic carbocycles. The van der Waals surface area contributed by atoms with Crippen molar-refractivity contribution in [3.8, 4) is 11.5 Å². The van der Waals surface area contributed by atoms with Gasteiger partial charge in [0.05, 0.1) is 23.8 Å². The Bertz CT molecular complexity index is 441. The van der Waals surface area contributed by atoms with Crippen LogP contribution in [0, 0.1) is 5.41 Å². The van der Waals surface area contributed by atoms with Crippen LogP contribution < -0.4 is 9.47 Å². The van der Waals surface area contributed by atoms with Gasteiger partial charge in [0.2, 0.25) is 0 Å². The molecule has 1 atom stereocenters. The van der Waals surface area contributed by atoms with Crippen LogP contribution in [0.5, 0.6) is 11.5 Å². The summed E-state index contributed by atoms with van der Waals surface area (Å²) in [6, 6.07) is 3.93. The minimum absolute atomic E-state index is 0.00287. The van der Waals surface area contributed by atoms with E-state index in [4.69, 9.17) is 9.47 Å². The first-order chi connectivity index (χ1) is 8.37. The van der Waals surface area contributed by atoms with Crippen molar-refractivity contribution in [3.05, 3.63) is 22.2 Å². The highest BCUT2D eigenvalue weighted by molar-refractivity contribution is 9.10. The lowest BCUT2D eigenvalue weighted by Gasteiger charge is -2.19. The van der Waals surface area contributed by atoms with Crippen LogP contribution in [0.15, 0.2) is 16.6 Å². The Hall–Kier alpha value is -0.740. The molecule has 0 bridgehead atoms. The highest BCUT2D eigenvalue weighted by Gasteiger charge is 2.26. The Labute approximate surface area is 116 Å². The molecule has 1 aromatic carbocycles. The number of ether oxygens (including phenoxy) is 2. The molecule has 1 heterocycles. The number of hydrogen-bond acceptors (Lipinski definition) is 3. The Morgan fingerprint density at radius 2 is 2.00 bits per heavy atom. The van der Waals surface area contributed by atoms with Crippen LogP contribution >= 0.6 is 15.9 Å². The highest BCUT2D eigenvalue weighted by Crippen LogP contribution is 2.40. The van der Waals surface area contributed by atoms with Gasteiger partial charge in [0, 0.05) is 5.41 Å². The molecule has 1 N–H and O–H groups in total. The molecule has 0 aromatic heterocycles. The van der Waals surface area contributed by atoms with Crippen LogP contribution in [-0.4, -0.2) is 24.4 Å². The normalized spacial score (nSPS) is 19.2. The average molecular weight is 315 g/mol. The fourth-order valence-corrected chi connectivity index (χ4v) is 2.51. The standard InChI is InChI=1S/C14H19BrO3/c1-9(16)4-10-5-11(15)13-12(6-10)17-7-14(2,3)8-18-13/h5-6,9,16H,4,7-8H2,1-3H3. The van der Waals surface area contributed by atoms with E-state index in [0.29, 0.717) is 19.6 Å². The van der Waals surface area contributed by atoms with Crippen molar-refractivity contribution < 1.29 is 14.6 Å². The minimum atomic E-state index is -0.363. The smallest absolute Gasteiger partial charge is 0.175 e. The largest absolute Gasteiger partial charge is 0.489 e. The molecular weight excluding hydrogens is 296 g/mol. The molecule has 2 rings (SSSR count). The predicted octanol–water partition coefficient (Wildman–Crippen LogP) is 3.17. The number of benzene rings is 1. The van der Waals surface area contributed by atoms with E-state index in [0.717, 1.165) is 21.5 Å².